The van der Waals surface area contributed by atoms with Crippen molar-refractivity contribution in [3.63, 3.8) is 0 Å². The Labute approximate surface area is 98.9 Å². The Balaban J connectivity index is 2.62. The van der Waals surface area contributed by atoms with Gasteiger partial charge >= 0.3 is 0 Å². The first kappa shape index (κ1) is 13.0. The van der Waals surface area contributed by atoms with Gasteiger partial charge in [0, 0.05) is 6.42 Å². The maximum Gasteiger partial charge on any atom is 0.129 e. The molecule has 1 heteroatoms. The number of ketones is 1. The molecule has 88 valence electrons. The van der Waals surface area contributed by atoms with Gasteiger partial charge in [0.2, 0.25) is 0 Å². The lowest BCUT2D eigenvalue weighted by molar-refractivity contribution is -0.117. The van der Waals surface area contributed by atoms with Crippen LogP contribution in [0.3, 0.4) is 0 Å². The van der Waals surface area contributed by atoms with Gasteiger partial charge in [0.1, 0.15) is 5.78 Å². The smallest absolute Gasteiger partial charge is 0.129 e. The number of benzene rings is 1. The molecule has 1 unspecified atom stereocenters. The van der Waals surface area contributed by atoms with Gasteiger partial charge < -0.3 is 4.79 Å². The molecule has 0 aliphatic heterocycles. The second kappa shape index (κ2) is 5.83. The summed E-state index contributed by atoms with van der Waals surface area (Å²) in [6.07, 6.45) is 1.64. The first-order chi connectivity index (χ1) is 7.50. The molecule has 0 bridgehead atoms. The zero-order valence-corrected chi connectivity index (χ0v) is 10.8. The fourth-order valence-electron chi connectivity index (χ4n) is 1.80. The van der Waals surface area contributed by atoms with Crippen LogP contribution in [0.15, 0.2) is 24.3 Å². The third-order valence-electron chi connectivity index (χ3n) is 3.10. The summed E-state index contributed by atoms with van der Waals surface area (Å²) >= 11 is 0. The zero-order valence-electron chi connectivity index (χ0n) is 10.8. The van der Waals surface area contributed by atoms with Gasteiger partial charge in [0.05, 0.1) is 0 Å². The molecular weight excluding hydrogens is 196 g/mol. The summed E-state index contributed by atoms with van der Waals surface area (Å²) in [5.41, 5.74) is 2.72. The normalized spacial score (nSPS) is 12.8. The van der Waals surface area contributed by atoms with E-state index in [1.807, 2.05) is 0 Å². The summed E-state index contributed by atoms with van der Waals surface area (Å²) in [5, 5.41) is 0. The molecule has 0 saturated heterocycles. The van der Waals surface area contributed by atoms with E-state index in [1.54, 1.807) is 6.92 Å². The van der Waals surface area contributed by atoms with E-state index in [1.165, 1.54) is 11.1 Å². The van der Waals surface area contributed by atoms with Crippen LogP contribution >= 0.6 is 0 Å². The maximum absolute atomic E-state index is 10.9. The average molecular weight is 218 g/mol. The van der Waals surface area contributed by atoms with Crippen molar-refractivity contribution < 1.29 is 4.79 Å². The van der Waals surface area contributed by atoms with E-state index in [9.17, 15) is 4.79 Å². The summed E-state index contributed by atoms with van der Waals surface area (Å²) in [4.78, 5) is 10.9. The van der Waals surface area contributed by atoms with Gasteiger partial charge in [-0.25, -0.2) is 0 Å². The third-order valence-corrected chi connectivity index (χ3v) is 3.10. The molecule has 1 aromatic rings. The van der Waals surface area contributed by atoms with E-state index in [0.717, 1.165) is 6.42 Å². The Morgan fingerprint density at radius 2 is 1.56 bits per heavy atom. The fourth-order valence-corrected chi connectivity index (χ4v) is 1.80. The number of rotatable bonds is 5. The molecule has 0 amide bonds. The molecule has 0 saturated carbocycles. The molecular formula is C15H22O. The first-order valence-corrected chi connectivity index (χ1v) is 6.10. The van der Waals surface area contributed by atoms with Crippen LogP contribution < -0.4 is 0 Å². The monoisotopic (exact) mass is 218 g/mol. The summed E-state index contributed by atoms with van der Waals surface area (Å²) in [7, 11) is 0. The van der Waals surface area contributed by atoms with Crippen molar-refractivity contribution in [2.75, 3.05) is 0 Å². The molecule has 0 heterocycles. The SMILES string of the molecule is CC(=O)CCC(C)c1ccc(C(C)C)cc1. The molecule has 0 aliphatic carbocycles. The number of Topliss-reactive ketones (excluding diaryl/α,β-unsaturated/α-hetero) is 1. The lowest BCUT2D eigenvalue weighted by Crippen LogP contribution is -1.98. The Morgan fingerprint density at radius 1 is 1.06 bits per heavy atom. The number of carbonyl (C=O) groups is 1. The topological polar surface area (TPSA) is 17.1 Å². The van der Waals surface area contributed by atoms with Crippen LogP contribution in [0, 0.1) is 0 Å². The second-order valence-corrected chi connectivity index (χ2v) is 4.96. The second-order valence-electron chi connectivity index (χ2n) is 4.96. The van der Waals surface area contributed by atoms with E-state index in [0.29, 0.717) is 18.3 Å². The van der Waals surface area contributed by atoms with E-state index in [4.69, 9.17) is 0 Å². The van der Waals surface area contributed by atoms with Crippen molar-refractivity contribution in [1.82, 2.24) is 0 Å². The van der Waals surface area contributed by atoms with Gasteiger partial charge in [-0.15, -0.1) is 0 Å². The number of hydrogen-bond donors (Lipinski definition) is 0. The fraction of sp³-hybridized carbons (Fsp3) is 0.533. The Hall–Kier alpha value is -1.11. The zero-order chi connectivity index (χ0) is 12.1. The van der Waals surface area contributed by atoms with Crippen molar-refractivity contribution in [3.8, 4) is 0 Å². The molecule has 1 aromatic carbocycles. The van der Waals surface area contributed by atoms with Gasteiger partial charge in [-0.1, -0.05) is 45.0 Å². The highest BCUT2D eigenvalue weighted by molar-refractivity contribution is 5.75. The molecule has 1 atom stereocenters. The predicted molar refractivity (Wildman–Crippen MR) is 68.9 cm³/mol. The number of carbonyl (C=O) groups excluding carboxylic acids is 1. The van der Waals surface area contributed by atoms with Crippen LogP contribution in [0.5, 0.6) is 0 Å². The van der Waals surface area contributed by atoms with Crippen LogP contribution in [0.25, 0.3) is 0 Å². The van der Waals surface area contributed by atoms with Gasteiger partial charge in [-0.05, 0) is 36.3 Å². The maximum atomic E-state index is 10.9. The summed E-state index contributed by atoms with van der Waals surface area (Å²) < 4.78 is 0. The van der Waals surface area contributed by atoms with Crippen LogP contribution in [0.4, 0.5) is 0 Å². The molecule has 0 fully saturated rings. The number of hydrogen-bond acceptors (Lipinski definition) is 1. The molecule has 0 aliphatic rings. The quantitative estimate of drug-likeness (QED) is 0.720. The van der Waals surface area contributed by atoms with E-state index in [-0.39, 0.29) is 5.78 Å². The first-order valence-electron chi connectivity index (χ1n) is 6.10. The van der Waals surface area contributed by atoms with Crippen LogP contribution in [0.2, 0.25) is 0 Å². The highest BCUT2D eigenvalue weighted by Crippen LogP contribution is 2.23. The minimum absolute atomic E-state index is 0.283. The molecule has 0 spiro atoms. The van der Waals surface area contributed by atoms with Crippen molar-refractivity contribution in [2.24, 2.45) is 0 Å². The van der Waals surface area contributed by atoms with E-state index >= 15 is 0 Å². The Morgan fingerprint density at radius 3 is 2.00 bits per heavy atom. The molecule has 16 heavy (non-hydrogen) atoms. The van der Waals surface area contributed by atoms with Crippen molar-refractivity contribution in [2.45, 2.75) is 52.4 Å². The van der Waals surface area contributed by atoms with Crippen molar-refractivity contribution >= 4 is 5.78 Å². The highest BCUT2D eigenvalue weighted by Gasteiger charge is 2.07. The predicted octanol–water partition coefficient (Wildman–Crippen LogP) is 4.28. The average Bonchev–Trinajstić information content (AvgIpc) is 2.26. The van der Waals surface area contributed by atoms with Crippen molar-refractivity contribution in [1.29, 1.82) is 0 Å². The van der Waals surface area contributed by atoms with Crippen molar-refractivity contribution in [3.05, 3.63) is 35.4 Å². The summed E-state index contributed by atoms with van der Waals surface area (Å²) in [5.74, 6) is 1.34. The minimum Gasteiger partial charge on any atom is -0.300 e. The molecule has 0 N–H and O–H groups in total. The largest absolute Gasteiger partial charge is 0.300 e. The highest BCUT2D eigenvalue weighted by atomic mass is 16.1. The van der Waals surface area contributed by atoms with E-state index < -0.39 is 0 Å². The molecule has 0 radical (unpaired) electrons. The van der Waals surface area contributed by atoms with Crippen LogP contribution in [0.1, 0.15) is 63.5 Å². The third kappa shape index (κ3) is 3.80. The van der Waals surface area contributed by atoms with Gasteiger partial charge in [0.15, 0.2) is 0 Å². The molecule has 1 rings (SSSR count). The lowest BCUT2D eigenvalue weighted by Gasteiger charge is -2.12. The Bertz CT molecular complexity index is 335. The van der Waals surface area contributed by atoms with Gasteiger partial charge in [-0.3, -0.25) is 0 Å². The summed E-state index contributed by atoms with van der Waals surface area (Å²) in [6.45, 7) is 8.25. The van der Waals surface area contributed by atoms with Crippen LogP contribution in [-0.2, 0) is 4.79 Å². The van der Waals surface area contributed by atoms with Gasteiger partial charge in [0.25, 0.3) is 0 Å². The summed E-state index contributed by atoms with van der Waals surface area (Å²) in [6, 6.07) is 8.79. The standard InChI is InChI=1S/C15H22O/c1-11(2)14-7-9-15(10-8-14)12(3)5-6-13(4)16/h7-12H,5-6H2,1-4H3. The van der Waals surface area contributed by atoms with Crippen LogP contribution in [-0.4, -0.2) is 5.78 Å². The van der Waals surface area contributed by atoms with Gasteiger partial charge in [-0.2, -0.15) is 0 Å². The van der Waals surface area contributed by atoms with E-state index in [2.05, 4.69) is 45.0 Å². The lowest BCUT2D eigenvalue weighted by atomic mass is 9.93. The Kier molecular flexibility index (Phi) is 4.72. The molecule has 0 aromatic heterocycles. The molecule has 1 nitrogen and oxygen atoms in total. The minimum atomic E-state index is 0.283.